The summed E-state index contributed by atoms with van der Waals surface area (Å²) >= 11 is 1.97. The van der Waals surface area contributed by atoms with E-state index < -0.39 is 5.97 Å². The summed E-state index contributed by atoms with van der Waals surface area (Å²) in [5.41, 5.74) is 6.77. The van der Waals surface area contributed by atoms with Gasteiger partial charge in [0.15, 0.2) is 9.82 Å². The minimum Gasteiger partial charge on any atom is -0.464 e. The highest BCUT2D eigenvalue weighted by Gasteiger charge is 2.16. The van der Waals surface area contributed by atoms with E-state index in [1.165, 1.54) is 7.11 Å². The molecule has 0 unspecified atom stereocenters. The standard InChI is InChI=1S/C12H15IN2O4/c1-18-12(17)11(15-19-10(13)6-7-16)8-2-4-9(14)5-3-8/h2-5,10,16H,6-7,14H2,1H3/b15-11+/t10-/m1/s1. The first-order valence-corrected chi connectivity index (χ1v) is 6.76. The van der Waals surface area contributed by atoms with Gasteiger partial charge in [0.25, 0.3) is 0 Å². The number of carbonyl (C=O) groups excluding carboxylic acids is 1. The zero-order valence-electron chi connectivity index (χ0n) is 10.4. The van der Waals surface area contributed by atoms with Crippen molar-refractivity contribution in [2.75, 3.05) is 19.5 Å². The average molecular weight is 378 g/mol. The summed E-state index contributed by atoms with van der Waals surface area (Å²) in [4.78, 5) is 16.8. The van der Waals surface area contributed by atoms with E-state index in [1.807, 2.05) is 22.6 Å². The summed E-state index contributed by atoms with van der Waals surface area (Å²) in [6.45, 7) is -0.0153. The zero-order chi connectivity index (χ0) is 14.3. The number of rotatable bonds is 6. The lowest BCUT2D eigenvalue weighted by atomic mass is 10.1. The summed E-state index contributed by atoms with van der Waals surface area (Å²) in [5.74, 6) is -0.600. The Morgan fingerprint density at radius 2 is 2.11 bits per heavy atom. The van der Waals surface area contributed by atoms with E-state index in [0.29, 0.717) is 17.7 Å². The number of esters is 1. The molecule has 0 fully saturated rings. The van der Waals surface area contributed by atoms with Crippen LogP contribution in [0, 0.1) is 0 Å². The van der Waals surface area contributed by atoms with Gasteiger partial charge in [-0.05, 0) is 34.7 Å². The fourth-order valence-electron chi connectivity index (χ4n) is 1.21. The molecule has 7 heteroatoms. The van der Waals surface area contributed by atoms with E-state index in [-0.39, 0.29) is 16.4 Å². The molecule has 0 heterocycles. The number of alkyl halides is 1. The molecule has 0 saturated carbocycles. The maximum atomic E-state index is 11.7. The smallest absolute Gasteiger partial charge is 0.360 e. The van der Waals surface area contributed by atoms with Crippen LogP contribution in [0.3, 0.4) is 0 Å². The van der Waals surface area contributed by atoms with Crippen molar-refractivity contribution in [1.82, 2.24) is 0 Å². The molecule has 1 atom stereocenters. The summed E-state index contributed by atoms with van der Waals surface area (Å²) < 4.78 is 4.33. The van der Waals surface area contributed by atoms with Crippen LogP contribution >= 0.6 is 22.6 Å². The second kappa shape index (κ2) is 7.95. The van der Waals surface area contributed by atoms with Crippen LogP contribution in [0.5, 0.6) is 0 Å². The van der Waals surface area contributed by atoms with Gasteiger partial charge >= 0.3 is 5.97 Å². The first-order chi connectivity index (χ1) is 9.08. The molecule has 19 heavy (non-hydrogen) atoms. The third-order valence-corrected chi connectivity index (χ3v) is 3.03. The molecule has 6 nitrogen and oxygen atoms in total. The predicted molar refractivity (Wildman–Crippen MR) is 80.0 cm³/mol. The topological polar surface area (TPSA) is 94.1 Å². The minimum absolute atomic E-state index is 0.0153. The van der Waals surface area contributed by atoms with Gasteiger partial charge in [0, 0.05) is 24.3 Å². The molecule has 0 aliphatic rings. The largest absolute Gasteiger partial charge is 0.464 e. The normalized spacial score (nSPS) is 12.9. The number of nitrogens with zero attached hydrogens (tertiary/aromatic N) is 1. The Bertz CT molecular complexity index is 448. The molecule has 0 aliphatic carbocycles. The molecule has 0 saturated heterocycles. The fourth-order valence-corrected chi connectivity index (χ4v) is 1.60. The number of benzene rings is 1. The molecular formula is C12H15IN2O4. The molecule has 0 spiro atoms. The van der Waals surface area contributed by atoms with E-state index in [1.54, 1.807) is 24.3 Å². The van der Waals surface area contributed by atoms with Crippen LogP contribution in [0.1, 0.15) is 12.0 Å². The fraction of sp³-hybridized carbons (Fsp3) is 0.333. The number of aliphatic hydroxyl groups excluding tert-OH is 1. The Kier molecular flexibility index (Phi) is 6.57. The maximum absolute atomic E-state index is 11.7. The van der Waals surface area contributed by atoms with Gasteiger partial charge in [-0.15, -0.1) is 0 Å². The van der Waals surface area contributed by atoms with Crippen molar-refractivity contribution < 1.29 is 19.5 Å². The van der Waals surface area contributed by atoms with Gasteiger partial charge < -0.3 is 20.4 Å². The van der Waals surface area contributed by atoms with Crippen LogP contribution in [0.15, 0.2) is 29.4 Å². The van der Waals surface area contributed by atoms with Gasteiger partial charge in [-0.1, -0.05) is 17.3 Å². The van der Waals surface area contributed by atoms with E-state index >= 15 is 0 Å². The number of methoxy groups -OCH3 is 1. The molecule has 1 rings (SSSR count). The average Bonchev–Trinajstić information content (AvgIpc) is 2.41. The predicted octanol–water partition coefficient (Wildman–Crippen LogP) is 1.31. The number of hydrogen-bond donors (Lipinski definition) is 2. The van der Waals surface area contributed by atoms with Crippen molar-refractivity contribution in [3.63, 3.8) is 0 Å². The van der Waals surface area contributed by atoms with Crippen LogP contribution in [0.4, 0.5) is 5.69 Å². The number of anilines is 1. The van der Waals surface area contributed by atoms with Crippen molar-refractivity contribution in [3.8, 4) is 0 Å². The van der Waals surface area contributed by atoms with Crippen molar-refractivity contribution in [3.05, 3.63) is 29.8 Å². The van der Waals surface area contributed by atoms with Crippen LogP contribution in [0.2, 0.25) is 0 Å². The van der Waals surface area contributed by atoms with Crippen molar-refractivity contribution in [1.29, 1.82) is 0 Å². The molecule has 0 radical (unpaired) electrons. The molecule has 1 aromatic rings. The summed E-state index contributed by atoms with van der Waals surface area (Å²) in [6, 6.07) is 6.62. The number of oxime groups is 1. The zero-order valence-corrected chi connectivity index (χ0v) is 12.5. The van der Waals surface area contributed by atoms with Crippen LogP contribution in [-0.4, -0.2) is 34.6 Å². The molecule has 0 aromatic heterocycles. The molecule has 0 aliphatic heterocycles. The highest BCUT2D eigenvalue weighted by Crippen LogP contribution is 2.12. The van der Waals surface area contributed by atoms with Gasteiger partial charge in [-0.2, -0.15) is 0 Å². The first-order valence-electron chi connectivity index (χ1n) is 5.51. The van der Waals surface area contributed by atoms with Gasteiger partial charge in [-0.25, -0.2) is 4.79 Å². The number of carbonyl (C=O) groups is 1. The SMILES string of the molecule is COC(=O)/C(=N/O[C@@H](I)CCO)c1ccc(N)cc1. The van der Waals surface area contributed by atoms with Crippen LogP contribution in [-0.2, 0) is 14.4 Å². The maximum Gasteiger partial charge on any atom is 0.360 e. The summed E-state index contributed by atoms with van der Waals surface area (Å²) in [6.07, 6.45) is 0.417. The Morgan fingerprint density at radius 1 is 1.47 bits per heavy atom. The third kappa shape index (κ3) is 5.03. The molecule has 0 amide bonds. The summed E-state index contributed by atoms with van der Waals surface area (Å²) in [7, 11) is 1.27. The van der Waals surface area contributed by atoms with Crippen molar-refractivity contribution >= 4 is 40.0 Å². The van der Waals surface area contributed by atoms with Crippen LogP contribution < -0.4 is 5.73 Å². The van der Waals surface area contributed by atoms with Gasteiger partial charge in [0.1, 0.15) is 0 Å². The second-order valence-corrected chi connectivity index (χ2v) is 4.97. The second-order valence-electron chi connectivity index (χ2n) is 3.58. The van der Waals surface area contributed by atoms with E-state index in [4.69, 9.17) is 15.7 Å². The molecule has 104 valence electrons. The number of nitrogens with two attached hydrogens (primary N) is 1. The first kappa shape index (κ1) is 15.7. The monoisotopic (exact) mass is 378 g/mol. The molecule has 1 aromatic carbocycles. The summed E-state index contributed by atoms with van der Waals surface area (Å²) in [5, 5.41) is 12.6. The highest BCUT2D eigenvalue weighted by molar-refractivity contribution is 14.1. The molecular weight excluding hydrogens is 363 g/mol. The highest BCUT2D eigenvalue weighted by atomic mass is 127. The quantitative estimate of drug-likeness (QED) is 0.194. The molecule has 3 N–H and O–H groups in total. The van der Waals surface area contributed by atoms with Gasteiger partial charge in [0.2, 0.25) is 0 Å². The van der Waals surface area contributed by atoms with E-state index in [0.717, 1.165) is 0 Å². The van der Waals surface area contributed by atoms with Crippen LogP contribution in [0.25, 0.3) is 0 Å². The van der Waals surface area contributed by atoms with Gasteiger partial charge in [0.05, 0.1) is 7.11 Å². The lowest BCUT2D eigenvalue weighted by Gasteiger charge is -2.08. The number of nitrogen functional groups attached to an aromatic ring is 1. The number of aliphatic hydroxyl groups is 1. The Hall–Kier alpha value is -1.35. The lowest BCUT2D eigenvalue weighted by molar-refractivity contribution is -0.132. The molecule has 0 bridgehead atoms. The number of halogens is 1. The Balaban J connectivity index is 2.91. The van der Waals surface area contributed by atoms with Crippen molar-refractivity contribution in [2.24, 2.45) is 5.16 Å². The Labute approximate surface area is 124 Å². The number of ether oxygens (including phenoxy) is 1. The lowest BCUT2D eigenvalue weighted by Crippen LogP contribution is -2.18. The third-order valence-electron chi connectivity index (χ3n) is 2.18. The number of hydrogen-bond acceptors (Lipinski definition) is 6. The minimum atomic E-state index is -0.600. The Morgan fingerprint density at radius 3 is 2.63 bits per heavy atom. The van der Waals surface area contributed by atoms with Crippen molar-refractivity contribution in [2.45, 2.75) is 10.5 Å². The van der Waals surface area contributed by atoms with Gasteiger partial charge in [-0.3, -0.25) is 0 Å². The van der Waals surface area contributed by atoms with E-state index in [2.05, 4.69) is 9.89 Å². The van der Waals surface area contributed by atoms with E-state index in [9.17, 15) is 4.79 Å².